The van der Waals surface area contributed by atoms with E-state index >= 15 is 0 Å². The molecule has 0 atom stereocenters. The maximum atomic E-state index is 13.0. The zero-order chi connectivity index (χ0) is 16.8. The summed E-state index contributed by atoms with van der Waals surface area (Å²) in [5.41, 5.74) is 0.277. The molecule has 1 aliphatic rings. The first-order valence-electron chi connectivity index (χ1n) is 6.77. The van der Waals surface area contributed by atoms with Crippen molar-refractivity contribution >= 4 is 29.0 Å². The van der Waals surface area contributed by atoms with Crippen molar-refractivity contribution in [3.63, 3.8) is 0 Å². The van der Waals surface area contributed by atoms with Crippen LogP contribution in [0.4, 0.5) is 24.5 Å². The lowest BCUT2D eigenvalue weighted by Crippen LogP contribution is -2.29. The molecule has 3 rings (SSSR count). The molecule has 0 N–H and O–H groups in total. The van der Waals surface area contributed by atoms with E-state index in [1.54, 1.807) is 19.1 Å². The van der Waals surface area contributed by atoms with Crippen LogP contribution < -0.4 is 4.90 Å². The average molecular weight is 335 g/mol. The van der Waals surface area contributed by atoms with Gasteiger partial charge in [0.25, 0.3) is 5.91 Å². The molecule has 0 spiro atoms. The van der Waals surface area contributed by atoms with E-state index < -0.39 is 17.6 Å². The first kappa shape index (κ1) is 15.7. The maximum absolute atomic E-state index is 13.0. The van der Waals surface area contributed by atoms with Gasteiger partial charge in [0.15, 0.2) is 0 Å². The highest BCUT2D eigenvalue weighted by atomic mass is 32.2. The predicted molar refractivity (Wildman–Crippen MR) is 84.0 cm³/mol. The van der Waals surface area contributed by atoms with E-state index in [1.165, 1.54) is 22.7 Å². The number of carbonyl (C=O) groups is 1. The van der Waals surface area contributed by atoms with Gasteiger partial charge in [-0.2, -0.15) is 13.2 Å². The second kappa shape index (κ2) is 5.45. The molecule has 0 radical (unpaired) electrons. The molecular weight excluding hydrogens is 323 g/mol. The SMILES string of the molecule is C=C(C)C(=O)N1c2ccccc2Sc2ccc(C(F)(F)F)cc21. The summed E-state index contributed by atoms with van der Waals surface area (Å²) in [6.07, 6.45) is -4.46. The molecule has 6 heteroatoms. The number of halogens is 3. The third-order valence-electron chi connectivity index (χ3n) is 3.42. The topological polar surface area (TPSA) is 20.3 Å². The van der Waals surface area contributed by atoms with Crippen molar-refractivity contribution < 1.29 is 18.0 Å². The van der Waals surface area contributed by atoms with Gasteiger partial charge in [-0.1, -0.05) is 30.5 Å². The number of fused-ring (bicyclic) bond motifs is 2. The molecule has 23 heavy (non-hydrogen) atoms. The van der Waals surface area contributed by atoms with Gasteiger partial charge in [-0.3, -0.25) is 9.69 Å². The fourth-order valence-electron chi connectivity index (χ4n) is 2.34. The monoisotopic (exact) mass is 335 g/mol. The summed E-state index contributed by atoms with van der Waals surface area (Å²) in [7, 11) is 0. The van der Waals surface area contributed by atoms with Crippen molar-refractivity contribution in [2.45, 2.75) is 22.9 Å². The summed E-state index contributed by atoms with van der Waals surface area (Å²) in [5.74, 6) is -0.418. The molecule has 0 unspecified atom stereocenters. The summed E-state index contributed by atoms with van der Waals surface area (Å²) in [4.78, 5) is 15.2. The number of anilines is 2. The van der Waals surface area contributed by atoms with Gasteiger partial charge in [0.2, 0.25) is 0 Å². The molecule has 0 bridgehead atoms. The van der Waals surface area contributed by atoms with Crippen LogP contribution in [0.3, 0.4) is 0 Å². The Morgan fingerprint density at radius 2 is 1.74 bits per heavy atom. The lowest BCUT2D eigenvalue weighted by molar-refractivity contribution is -0.137. The van der Waals surface area contributed by atoms with Crippen LogP contribution in [0.15, 0.2) is 64.4 Å². The van der Waals surface area contributed by atoms with Gasteiger partial charge in [-0.05, 0) is 37.3 Å². The van der Waals surface area contributed by atoms with E-state index in [0.29, 0.717) is 10.6 Å². The van der Waals surface area contributed by atoms with Crippen molar-refractivity contribution in [3.05, 3.63) is 60.2 Å². The Morgan fingerprint density at radius 3 is 2.39 bits per heavy atom. The molecule has 1 heterocycles. The van der Waals surface area contributed by atoms with Gasteiger partial charge >= 0.3 is 6.18 Å². The quantitative estimate of drug-likeness (QED) is 0.649. The third-order valence-corrected chi connectivity index (χ3v) is 4.55. The predicted octanol–water partition coefficient (Wildman–Crippen LogP) is 5.41. The Kier molecular flexibility index (Phi) is 3.72. The van der Waals surface area contributed by atoms with Crippen molar-refractivity contribution in [3.8, 4) is 0 Å². The van der Waals surface area contributed by atoms with Crippen molar-refractivity contribution in [1.82, 2.24) is 0 Å². The van der Waals surface area contributed by atoms with Crippen molar-refractivity contribution in [2.24, 2.45) is 0 Å². The first-order chi connectivity index (χ1) is 10.8. The summed E-state index contributed by atoms with van der Waals surface area (Å²) < 4.78 is 39.0. The number of para-hydroxylation sites is 1. The number of rotatable bonds is 1. The zero-order valence-corrected chi connectivity index (χ0v) is 13.0. The number of hydrogen-bond donors (Lipinski definition) is 0. The lowest BCUT2D eigenvalue weighted by atomic mass is 10.1. The number of benzene rings is 2. The van der Waals surface area contributed by atoms with E-state index in [9.17, 15) is 18.0 Å². The van der Waals surface area contributed by atoms with Crippen LogP contribution in [-0.2, 0) is 11.0 Å². The van der Waals surface area contributed by atoms with Crippen molar-refractivity contribution in [1.29, 1.82) is 0 Å². The van der Waals surface area contributed by atoms with Crippen LogP contribution >= 0.6 is 11.8 Å². The van der Waals surface area contributed by atoms with Gasteiger partial charge in [0.1, 0.15) is 0 Å². The van der Waals surface area contributed by atoms with Gasteiger partial charge < -0.3 is 0 Å². The summed E-state index contributed by atoms with van der Waals surface area (Å²) >= 11 is 1.34. The molecule has 2 aromatic carbocycles. The standard InChI is InChI=1S/C17H12F3NOS/c1-10(2)16(22)21-12-5-3-4-6-14(12)23-15-8-7-11(9-13(15)21)17(18,19)20/h3-9H,1H2,2H3. The maximum Gasteiger partial charge on any atom is 0.416 e. The van der Waals surface area contributed by atoms with E-state index in [0.717, 1.165) is 17.0 Å². The van der Waals surface area contributed by atoms with E-state index in [1.807, 2.05) is 12.1 Å². The first-order valence-corrected chi connectivity index (χ1v) is 7.59. The summed E-state index contributed by atoms with van der Waals surface area (Å²) in [6.45, 7) is 5.17. The van der Waals surface area contributed by atoms with E-state index in [2.05, 4.69) is 6.58 Å². The van der Waals surface area contributed by atoms with Gasteiger partial charge in [-0.15, -0.1) is 0 Å². The second-order valence-electron chi connectivity index (χ2n) is 5.17. The Bertz CT molecular complexity index is 814. The molecule has 0 saturated heterocycles. The van der Waals surface area contributed by atoms with E-state index in [-0.39, 0.29) is 11.3 Å². The highest BCUT2D eigenvalue weighted by molar-refractivity contribution is 7.99. The van der Waals surface area contributed by atoms with Crippen LogP contribution in [-0.4, -0.2) is 5.91 Å². The van der Waals surface area contributed by atoms with Gasteiger partial charge in [0, 0.05) is 15.4 Å². The Hall–Kier alpha value is -2.21. The molecule has 0 aromatic heterocycles. The highest BCUT2D eigenvalue weighted by Crippen LogP contribution is 2.49. The number of amides is 1. The molecular formula is C17H12F3NOS. The van der Waals surface area contributed by atoms with Crippen molar-refractivity contribution in [2.75, 3.05) is 4.90 Å². The molecule has 1 aliphatic heterocycles. The Labute approximate surface area is 135 Å². The number of carbonyl (C=O) groups excluding carboxylic acids is 1. The fraction of sp³-hybridized carbons (Fsp3) is 0.118. The average Bonchev–Trinajstić information content (AvgIpc) is 2.50. The van der Waals surface area contributed by atoms with Gasteiger partial charge in [-0.25, -0.2) is 0 Å². The molecule has 118 valence electrons. The lowest BCUT2D eigenvalue weighted by Gasteiger charge is -2.31. The Balaban J connectivity index is 2.22. The fourth-order valence-corrected chi connectivity index (χ4v) is 3.38. The largest absolute Gasteiger partial charge is 0.416 e. The minimum absolute atomic E-state index is 0.233. The minimum Gasteiger partial charge on any atom is -0.275 e. The summed E-state index contributed by atoms with van der Waals surface area (Å²) in [5, 5.41) is 0. The zero-order valence-electron chi connectivity index (χ0n) is 12.1. The smallest absolute Gasteiger partial charge is 0.275 e. The normalized spacial score (nSPS) is 13.3. The molecule has 2 nitrogen and oxygen atoms in total. The number of nitrogens with zero attached hydrogens (tertiary/aromatic N) is 1. The molecule has 0 aliphatic carbocycles. The van der Waals surface area contributed by atoms with Gasteiger partial charge in [0.05, 0.1) is 16.9 Å². The Morgan fingerprint density at radius 1 is 1.09 bits per heavy atom. The highest BCUT2D eigenvalue weighted by Gasteiger charge is 2.34. The minimum atomic E-state index is -4.46. The molecule has 2 aromatic rings. The molecule has 1 amide bonds. The molecule has 0 fully saturated rings. The van der Waals surface area contributed by atoms with E-state index in [4.69, 9.17) is 0 Å². The number of hydrogen-bond acceptors (Lipinski definition) is 2. The van der Waals surface area contributed by atoms with Crippen LogP contribution in [0.2, 0.25) is 0 Å². The third kappa shape index (κ3) is 2.74. The van der Waals surface area contributed by atoms with Crippen LogP contribution in [0, 0.1) is 0 Å². The summed E-state index contributed by atoms with van der Waals surface area (Å²) in [6, 6.07) is 10.6. The molecule has 0 saturated carbocycles. The number of alkyl halides is 3. The van der Waals surface area contributed by atoms with Crippen LogP contribution in [0.25, 0.3) is 0 Å². The second-order valence-corrected chi connectivity index (χ2v) is 6.25. The van der Waals surface area contributed by atoms with Crippen LogP contribution in [0.1, 0.15) is 12.5 Å². The van der Waals surface area contributed by atoms with Crippen LogP contribution in [0.5, 0.6) is 0 Å².